The van der Waals surface area contributed by atoms with Crippen LogP contribution in [0.3, 0.4) is 0 Å². The molecule has 0 amide bonds. The second kappa shape index (κ2) is 12.3. The molecule has 0 aliphatic heterocycles. The van der Waals surface area contributed by atoms with Crippen molar-refractivity contribution in [2.24, 2.45) is 0 Å². The van der Waals surface area contributed by atoms with Gasteiger partial charge in [0.2, 0.25) is 0 Å². The molecule has 0 spiro atoms. The fourth-order valence-electron chi connectivity index (χ4n) is 4.15. The fourth-order valence-corrected chi connectivity index (χ4v) is 4.15. The van der Waals surface area contributed by atoms with E-state index in [2.05, 4.69) is 88.4 Å². The minimum Gasteiger partial charge on any atom is -0.492 e. The zero-order valence-corrected chi connectivity index (χ0v) is 20.2. The SMILES string of the molecule is CCC/C=C/CCOc1c2cccc(C)c2c(OCC/C=C/CCC)c2cccc(C)c12. The topological polar surface area (TPSA) is 18.5 Å². The van der Waals surface area contributed by atoms with Gasteiger partial charge in [-0.25, -0.2) is 0 Å². The molecular weight excluding hydrogens is 392 g/mol. The minimum atomic E-state index is 0.676. The molecule has 0 unspecified atom stereocenters. The normalized spacial score (nSPS) is 11.9. The van der Waals surface area contributed by atoms with E-state index in [1.54, 1.807) is 0 Å². The van der Waals surface area contributed by atoms with Crippen LogP contribution in [-0.4, -0.2) is 13.2 Å². The highest BCUT2D eigenvalue weighted by Gasteiger charge is 2.18. The smallest absolute Gasteiger partial charge is 0.135 e. The van der Waals surface area contributed by atoms with Crippen molar-refractivity contribution in [1.29, 1.82) is 0 Å². The third-order valence-corrected chi connectivity index (χ3v) is 5.79. The van der Waals surface area contributed by atoms with E-state index in [-0.39, 0.29) is 0 Å². The highest BCUT2D eigenvalue weighted by Crippen LogP contribution is 2.45. The van der Waals surface area contributed by atoms with Gasteiger partial charge in [-0.15, -0.1) is 0 Å². The molecule has 0 N–H and O–H groups in total. The number of allylic oxidation sites excluding steroid dienone is 2. The van der Waals surface area contributed by atoms with Gasteiger partial charge in [-0.05, 0) is 50.7 Å². The third kappa shape index (κ3) is 5.73. The van der Waals surface area contributed by atoms with Gasteiger partial charge in [-0.1, -0.05) is 87.4 Å². The molecule has 32 heavy (non-hydrogen) atoms. The number of benzene rings is 3. The molecule has 170 valence electrons. The number of unbranched alkanes of at least 4 members (excludes halogenated alkanes) is 2. The second-order valence-electron chi connectivity index (χ2n) is 8.45. The Balaban J connectivity index is 2.01. The van der Waals surface area contributed by atoms with Crippen molar-refractivity contribution in [2.75, 3.05) is 13.2 Å². The average Bonchev–Trinajstić information content (AvgIpc) is 2.79. The molecule has 0 aliphatic carbocycles. The number of hydrogen-bond acceptors (Lipinski definition) is 2. The van der Waals surface area contributed by atoms with Crippen LogP contribution in [0.1, 0.15) is 63.5 Å². The molecule has 0 aromatic heterocycles. The zero-order valence-electron chi connectivity index (χ0n) is 20.2. The first-order valence-electron chi connectivity index (χ1n) is 12.2. The van der Waals surface area contributed by atoms with Gasteiger partial charge in [0.05, 0.1) is 13.2 Å². The molecule has 0 radical (unpaired) electrons. The van der Waals surface area contributed by atoms with E-state index < -0.39 is 0 Å². The lowest BCUT2D eigenvalue weighted by Crippen LogP contribution is -2.03. The summed E-state index contributed by atoms with van der Waals surface area (Å²) in [7, 11) is 0. The maximum atomic E-state index is 6.46. The summed E-state index contributed by atoms with van der Waals surface area (Å²) < 4.78 is 12.9. The van der Waals surface area contributed by atoms with Gasteiger partial charge in [0.25, 0.3) is 0 Å². The zero-order chi connectivity index (χ0) is 22.8. The van der Waals surface area contributed by atoms with Crippen molar-refractivity contribution in [2.45, 2.75) is 66.2 Å². The molecule has 0 fully saturated rings. The van der Waals surface area contributed by atoms with Gasteiger partial charge in [0.1, 0.15) is 11.5 Å². The molecule has 0 saturated carbocycles. The van der Waals surface area contributed by atoms with Crippen LogP contribution >= 0.6 is 0 Å². The van der Waals surface area contributed by atoms with Crippen LogP contribution in [0.5, 0.6) is 11.5 Å². The van der Waals surface area contributed by atoms with E-state index >= 15 is 0 Å². The standard InChI is InChI=1S/C30H38O2/c1-5-7-9-11-13-21-31-29-25-19-15-18-24(4)28(25)30(32-22-14-12-10-8-6-2)26-20-16-17-23(3)27(26)29/h9-12,15-20H,5-8,13-14,21-22H2,1-4H3/b11-9+,12-10+. The van der Waals surface area contributed by atoms with Gasteiger partial charge in [0, 0.05) is 21.5 Å². The molecule has 2 heteroatoms. The number of fused-ring (bicyclic) bond motifs is 2. The predicted molar refractivity (Wildman–Crippen MR) is 139 cm³/mol. The molecule has 3 aromatic carbocycles. The lowest BCUT2D eigenvalue weighted by atomic mass is 9.95. The van der Waals surface area contributed by atoms with Crippen LogP contribution < -0.4 is 9.47 Å². The minimum absolute atomic E-state index is 0.676. The van der Waals surface area contributed by atoms with E-state index in [4.69, 9.17) is 9.47 Å². The predicted octanol–water partition coefficient (Wildman–Crippen LogP) is 8.86. The highest BCUT2D eigenvalue weighted by molar-refractivity contribution is 6.13. The molecule has 0 heterocycles. The first kappa shape index (κ1) is 23.9. The first-order chi connectivity index (χ1) is 15.7. The number of ether oxygens (including phenoxy) is 2. The van der Waals surface area contributed by atoms with Gasteiger partial charge < -0.3 is 9.47 Å². The Morgan fingerprint density at radius 1 is 0.594 bits per heavy atom. The monoisotopic (exact) mass is 430 g/mol. The number of rotatable bonds is 12. The molecule has 0 saturated heterocycles. The van der Waals surface area contributed by atoms with Gasteiger partial charge in [-0.2, -0.15) is 0 Å². The summed E-state index contributed by atoms with van der Waals surface area (Å²) in [6.07, 6.45) is 15.4. The van der Waals surface area contributed by atoms with E-state index in [1.807, 2.05) is 0 Å². The summed E-state index contributed by atoms with van der Waals surface area (Å²) in [5.41, 5.74) is 2.44. The first-order valence-corrected chi connectivity index (χ1v) is 12.2. The summed E-state index contributed by atoms with van der Waals surface area (Å²) in [5, 5.41) is 4.61. The second-order valence-corrected chi connectivity index (χ2v) is 8.45. The molecule has 3 aromatic rings. The summed E-state index contributed by atoms with van der Waals surface area (Å²) >= 11 is 0. The van der Waals surface area contributed by atoms with Crippen molar-refractivity contribution in [1.82, 2.24) is 0 Å². The van der Waals surface area contributed by atoms with Crippen molar-refractivity contribution >= 4 is 21.5 Å². The Hall–Kier alpha value is -2.74. The Kier molecular flexibility index (Phi) is 9.22. The summed E-state index contributed by atoms with van der Waals surface area (Å²) in [5.74, 6) is 1.96. The summed E-state index contributed by atoms with van der Waals surface area (Å²) in [6, 6.07) is 12.9. The third-order valence-electron chi connectivity index (χ3n) is 5.79. The van der Waals surface area contributed by atoms with Crippen molar-refractivity contribution in [3.8, 4) is 11.5 Å². The molecular formula is C30H38O2. The van der Waals surface area contributed by atoms with Crippen LogP contribution in [0, 0.1) is 13.8 Å². The molecule has 0 aliphatic rings. The Morgan fingerprint density at radius 2 is 1.00 bits per heavy atom. The van der Waals surface area contributed by atoms with E-state index in [0.29, 0.717) is 13.2 Å². The number of aryl methyl sites for hydroxylation is 2. The molecule has 0 atom stereocenters. The lowest BCUT2D eigenvalue weighted by Gasteiger charge is -2.20. The number of hydrogen-bond donors (Lipinski definition) is 0. The average molecular weight is 431 g/mol. The van der Waals surface area contributed by atoms with Gasteiger partial charge in [0.15, 0.2) is 0 Å². The van der Waals surface area contributed by atoms with Crippen LogP contribution in [0.15, 0.2) is 60.7 Å². The van der Waals surface area contributed by atoms with Crippen LogP contribution in [-0.2, 0) is 0 Å². The lowest BCUT2D eigenvalue weighted by molar-refractivity contribution is 0.326. The van der Waals surface area contributed by atoms with E-state index in [9.17, 15) is 0 Å². The maximum Gasteiger partial charge on any atom is 0.135 e. The quantitative estimate of drug-likeness (QED) is 0.162. The fraction of sp³-hybridized carbons (Fsp3) is 0.400. The summed E-state index contributed by atoms with van der Waals surface area (Å²) in [4.78, 5) is 0. The molecule has 2 nitrogen and oxygen atoms in total. The Morgan fingerprint density at radius 3 is 1.41 bits per heavy atom. The molecule has 3 rings (SSSR count). The maximum absolute atomic E-state index is 6.46. The Bertz CT molecular complexity index is 988. The summed E-state index contributed by atoms with van der Waals surface area (Å²) in [6.45, 7) is 10.1. The largest absolute Gasteiger partial charge is 0.492 e. The van der Waals surface area contributed by atoms with Crippen LogP contribution in [0.25, 0.3) is 21.5 Å². The van der Waals surface area contributed by atoms with Crippen LogP contribution in [0.2, 0.25) is 0 Å². The van der Waals surface area contributed by atoms with Crippen molar-refractivity contribution in [3.05, 3.63) is 71.8 Å². The van der Waals surface area contributed by atoms with Crippen LogP contribution in [0.4, 0.5) is 0 Å². The molecule has 0 bridgehead atoms. The Labute approximate surface area is 193 Å². The van der Waals surface area contributed by atoms with E-state index in [1.165, 1.54) is 34.7 Å². The van der Waals surface area contributed by atoms with Gasteiger partial charge >= 0.3 is 0 Å². The van der Waals surface area contributed by atoms with Crippen molar-refractivity contribution in [3.63, 3.8) is 0 Å². The highest BCUT2D eigenvalue weighted by atomic mass is 16.5. The van der Waals surface area contributed by atoms with E-state index in [0.717, 1.165) is 48.0 Å². The van der Waals surface area contributed by atoms with Gasteiger partial charge in [-0.3, -0.25) is 0 Å². The van der Waals surface area contributed by atoms with Crippen molar-refractivity contribution < 1.29 is 9.47 Å².